The number of nitrogens with zero attached hydrogens (tertiary/aromatic N) is 2. The molecule has 0 fully saturated rings. The number of rotatable bonds is 10. The van der Waals surface area contributed by atoms with Crippen LogP contribution in [0.3, 0.4) is 0 Å². The van der Waals surface area contributed by atoms with Crippen molar-refractivity contribution in [2.24, 2.45) is 0 Å². The maximum Gasteiger partial charge on any atom is 0.347 e. The van der Waals surface area contributed by atoms with Gasteiger partial charge in [0.25, 0.3) is 0 Å². The lowest BCUT2D eigenvalue weighted by atomic mass is 9.76. The number of carbonyl (C=O) groups excluding carboxylic acids is 2. The van der Waals surface area contributed by atoms with Crippen LogP contribution in [0, 0.1) is 0 Å². The highest BCUT2D eigenvalue weighted by Crippen LogP contribution is 2.41. The third kappa shape index (κ3) is 5.88. The minimum absolute atomic E-state index is 0.101. The molecule has 0 saturated heterocycles. The number of benzene rings is 3. The van der Waals surface area contributed by atoms with E-state index in [1.54, 1.807) is 78.9 Å². The molecule has 5 rings (SSSR count). The lowest BCUT2D eigenvalue weighted by Gasteiger charge is -2.41. The molecule has 1 aliphatic heterocycles. The summed E-state index contributed by atoms with van der Waals surface area (Å²) in [7, 11) is 4.09. The van der Waals surface area contributed by atoms with E-state index >= 15 is 0 Å². The van der Waals surface area contributed by atoms with E-state index < -0.39 is 35.5 Å². The number of aliphatic carboxylic acids is 1. The number of hydrogen-bond acceptors (Lipinski definition) is 10. The smallest absolute Gasteiger partial charge is 0.347 e. The van der Waals surface area contributed by atoms with Crippen molar-refractivity contribution >= 4 is 23.5 Å². The van der Waals surface area contributed by atoms with Gasteiger partial charge in [0.1, 0.15) is 5.54 Å². The number of nitrogens with one attached hydrogen (secondary N) is 2. The average Bonchev–Trinajstić information content (AvgIpc) is 3.17. The number of carboxylic acid groups (broad SMARTS) is 1. The van der Waals surface area contributed by atoms with Gasteiger partial charge in [-0.1, -0.05) is 60.7 Å². The van der Waals surface area contributed by atoms with E-state index in [2.05, 4.69) is 20.6 Å². The summed E-state index contributed by atoms with van der Waals surface area (Å²) in [5.74, 6) is -2.03. The Labute approximate surface area is 253 Å². The maximum atomic E-state index is 13.7. The molecule has 3 aromatic carbocycles. The Kier molecular flexibility index (Phi) is 8.72. The molecule has 0 saturated carbocycles. The number of amides is 1. The SMILES string of the molecule is COC(=O)c1ccc(CC2N[C@](c3ccccc3)([C@H](Oc3nc(OC)cc(OC)n3)C(=O)O)c3ccccc3NC2=O)cc1. The molecule has 0 radical (unpaired) electrons. The van der Waals surface area contributed by atoms with Crippen molar-refractivity contribution in [3.05, 3.63) is 107 Å². The Morgan fingerprint density at radius 3 is 2.16 bits per heavy atom. The molecule has 4 aromatic rings. The molecular formula is C32H30N4O8. The Balaban J connectivity index is 1.67. The Morgan fingerprint density at radius 2 is 1.55 bits per heavy atom. The quantitative estimate of drug-likeness (QED) is 0.230. The zero-order chi connectivity index (χ0) is 31.3. The molecule has 44 heavy (non-hydrogen) atoms. The lowest BCUT2D eigenvalue weighted by molar-refractivity contribution is -0.149. The second-order valence-corrected chi connectivity index (χ2v) is 9.87. The van der Waals surface area contributed by atoms with Crippen LogP contribution in [0.5, 0.6) is 17.8 Å². The minimum Gasteiger partial charge on any atom is -0.481 e. The van der Waals surface area contributed by atoms with Crippen molar-refractivity contribution in [1.82, 2.24) is 15.3 Å². The van der Waals surface area contributed by atoms with E-state index in [0.717, 1.165) is 0 Å². The van der Waals surface area contributed by atoms with Gasteiger partial charge in [-0.3, -0.25) is 10.1 Å². The first kappa shape index (κ1) is 30.0. The minimum atomic E-state index is -1.71. The number of hydrogen-bond donors (Lipinski definition) is 3. The number of fused-ring (bicyclic) bond motifs is 1. The van der Waals surface area contributed by atoms with E-state index in [4.69, 9.17) is 18.9 Å². The highest BCUT2D eigenvalue weighted by molar-refractivity contribution is 5.98. The average molecular weight is 599 g/mol. The summed E-state index contributed by atoms with van der Waals surface area (Å²) < 4.78 is 21.4. The molecule has 1 amide bonds. The van der Waals surface area contributed by atoms with E-state index in [0.29, 0.717) is 27.9 Å². The number of anilines is 1. The first-order chi connectivity index (χ1) is 21.3. The standard InChI is InChI=1S/C32H30N4O8/c1-41-25-18-26(42-2)35-31(34-25)44-27(29(38)39)32(21-9-5-4-6-10-21)22-11-7-8-12-23(22)33-28(37)24(36-32)17-19-13-15-20(16-14-19)30(40)43-3/h4-16,18,24,27,36H,17H2,1-3H3,(H,33,37)(H,38,39)/t24?,27-,32+/m1/s1. The number of ether oxygens (including phenoxy) is 4. The summed E-state index contributed by atoms with van der Waals surface area (Å²) in [6, 6.07) is 22.6. The van der Waals surface area contributed by atoms with E-state index in [1.807, 2.05) is 0 Å². The molecule has 0 bridgehead atoms. The highest BCUT2D eigenvalue weighted by atomic mass is 16.5. The molecule has 1 unspecified atom stereocenters. The van der Waals surface area contributed by atoms with Crippen LogP contribution in [-0.2, 0) is 26.3 Å². The summed E-state index contributed by atoms with van der Waals surface area (Å²) in [6.07, 6.45) is -1.56. The molecular weight excluding hydrogens is 568 g/mol. The number of aromatic nitrogens is 2. The molecule has 0 aliphatic carbocycles. The van der Waals surface area contributed by atoms with Crippen LogP contribution in [-0.4, -0.2) is 66.4 Å². The zero-order valence-electron chi connectivity index (χ0n) is 24.1. The van der Waals surface area contributed by atoms with Gasteiger partial charge < -0.3 is 29.4 Å². The summed E-state index contributed by atoms with van der Waals surface area (Å²) in [6.45, 7) is 0. The molecule has 226 valence electrons. The highest BCUT2D eigenvalue weighted by Gasteiger charge is 2.53. The molecule has 12 heteroatoms. The van der Waals surface area contributed by atoms with E-state index in [1.165, 1.54) is 27.4 Å². The monoisotopic (exact) mass is 598 g/mol. The largest absolute Gasteiger partial charge is 0.481 e. The molecule has 0 spiro atoms. The Bertz CT molecular complexity index is 1640. The van der Waals surface area contributed by atoms with Gasteiger partial charge in [-0.25, -0.2) is 9.59 Å². The molecule has 1 aromatic heterocycles. The summed E-state index contributed by atoms with van der Waals surface area (Å²) in [5, 5.41) is 17.1. The molecule has 2 heterocycles. The van der Waals surface area contributed by atoms with Gasteiger partial charge in [0, 0.05) is 11.3 Å². The van der Waals surface area contributed by atoms with Crippen LogP contribution in [0.15, 0.2) is 84.9 Å². The van der Waals surface area contributed by atoms with Crippen LogP contribution < -0.4 is 24.8 Å². The third-order valence-corrected chi connectivity index (χ3v) is 7.29. The van der Waals surface area contributed by atoms with Gasteiger partial charge in [0.05, 0.1) is 39.0 Å². The van der Waals surface area contributed by atoms with Gasteiger partial charge in [-0.05, 0) is 35.7 Å². The van der Waals surface area contributed by atoms with Gasteiger partial charge in [0.15, 0.2) is 0 Å². The van der Waals surface area contributed by atoms with Crippen LogP contribution in [0.4, 0.5) is 5.69 Å². The van der Waals surface area contributed by atoms with E-state index in [9.17, 15) is 19.5 Å². The van der Waals surface area contributed by atoms with Crippen molar-refractivity contribution in [1.29, 1.82) is 0 Å². The van der Waals surface area contributed by atoms with Crippen molar-refractivity contribution < 1.29 is 38.4 Å². The molecule has 1 aliphatic rings. The maximum absolute atomic E-state index is 13.7. The number of esters is 1. The predicted molar refractivity (Wildman–Crippen MR) is 158 cm³/mol. The van der Waals surface area contributed by atoms with Crippen molar-refractivity contribution in [3.63, 3.8) is 0 Å². The van der Waals surface area contributed by atoms with E-state index in [-0.39, 0.29) is 24.2 Å². The summed E-state index contributed by atoms with van der Waals surface area (Å²) >= 11 is 0. The second-order valence-electron chi connectivity index (χ2n) is 9.87. The van der Waals surface area contributed by atoms with Crippen molar-refractivity contribution in [3.8, 4) is 17.8 Å². The first-order valence-corrected chi connectivity index (χ1v) is 13.6. The van der Waals surface area contributed by atoms with Gasteiger partial charge in [0.2, 0.25) is 23.8 Å². The summed E-state index contributed by atoms with van der Waals surface area (Å²) in [4.78, 5) is 47.4. The first-order valence-electron chi connectivity index (χ1n) is 13.6. The lowest BCUT2D eigenvalue weighted by Crippen LogP contribution is -2.61. The van der Waals surface area contributed by atoms with Gasteiger partial charge >= 0.3 is 17.9 Å². The number of carboxylic acids is 1. The molecule has 3 atom stereocenters. The van der Waals surface area contributed by atoms with Crippen molar-refractivity contribution in [2.75, 3.05) is 26.6 Å². The van der Waals surface area contributed by atoms with Crippen LogP contribution in [0.25, 0.3) is 0 Å². The Morgan fingerprint density at radius 1 is 0.909 bits per heavy atom. The van der Waals surface area contributed by atoms with Crippen LogP contribution >= 0.6 is 0 Å². The fourth-order valence-electron chi connectivity index (χ4n) is 5.23. The fraction of sp³-hybridized carbons (Fsp3) is 0.219. The fourth-order valence-corrected chi connectivity index (χ4v) is 5.23. The zero-order valence-corrected chi connectivity index (χ0v) is 24.1. The topological polar surface area (TPSA) is 158 Å². The summed E-state index contributed by atoms with van der Waals surface area (Å²) in [5.41, 5.74) is 0.776. The van der Waals surface area contributed by atoms with Gasteiger partial charge in [-0.15, -0.1) is 0 Å². The third-order valence-electron chi connectivity index (χ3n) is 7.29. The van der Waals surface area contributed by atoms with Gasteiger partial charge in [-0.2, -0.15) is 9.97 Å². The number of methoxy groups -OCH3 is 3. The van der Waals surface area contributed by atoms with Crippen LogP contribution in [0.1, 0.15) is 27.0 Å². The number of carbonyl (C=O) groups is 3. The molecule has 12 nitrogen and oxygen atoms in total. The normalized spacial score (nSPS) is 18.2. The molecule has 3 N–H and O–H groups in total. The second kappa shape index (κ2) is 12.8. The predicted octanol–water partition coefficient (Wildman–Crippen LogP) is 3.21. The van der Waals surface area contributed by atoms with Crippen LogP contribution in [0.2, 0.25) is 0 Å². The van der Waals surface area contributed by atoms with Crippen molar-refractivity contribution in [2.45, 2.75) is 24.1 Å². The Hall–Kier alpha value is -5.49. The number of para-hydroxylation sites is 1.